The highest BCUT2D eigenvalue weighted by Crippen LogP contribution is 3.02. The Kier molecular flexibility index (Phi) is 4.95. The van der Waals surface area contributed by atoms with Gasteiger partial charge in [0, 0.05) is 6.20 Å². The zero-order valence-corrected chi connectivity index (χ0v) is 17.3. The molecule has 2 aromatic heterocycles. The molecular formula is C16H12F8N4O2S2. The third-order valence-corrected chi connectivity index (χ3v) is 7.08. The number of benzene rings is 1. The maximum absolute atomic E-state index is 13.2. The molecule has 2 heterocycles. The van der Waals surface area contributed by atoms with Crippen LogP contribution in [0.2, 0.25) is 0 Å². The van der Waals surface area contributed by atoms with E-state index in [1.807, 2.05) is 0 Å². The number of halogens is 8. The molecule has 16 heteroatoms. The molecule has 0 aliphatic rings. The number of rotatable bonds is 5. The predicted molar refractivity (Wildman–Crippen MR) is 98.7 cm³/mol. The first-order valence-electron chi connectivity index (χ1n) is 8.39. The molecule has 0 amide bonds. The Bertz CT molecular complexity index is 1300. The summed E-state index contributed by atoms with van der Waals surface area (Å²) in [4.78, 5) is 0.191. The number of nitrogens with zero attached hydrogens (tertiary/aromatic N) is 4. The fraction of sp³-hybridized carbons (Fsp3) is 0.188. The molecule has 0 saturated heterocycles. The average molecular weight is 508 g/mol. The number of pyridine rings is 1. The van der Waals surface area contributed by atoms with Gasteiger partial charge in [0.1, 0.15) is 10.6 Å². The highest BCUT2D eigenvalue weighted by molar-refractivity contribution is 8.45. The van der Waals surface area contributed by atoms with Gasteiger partial charge in [-0.05, 0) is 30.3 Å². The van der Waals surface area contributed by atoms with Crippen molar-refractivity contribution in [3.8, 4) is 17.1 Å². The Labute approximate surface area is 175 Å². The van der Waals surface area contributed by atoms with E-state index in [1.165, 1.54) is 0 Å². The number of hydrogen-bond acceptors (Lipinski definition) is 5. The van der Waals surface area contributed by atoms with E-state index in [9.17, 15) is 41.0 Å². The van der Waals surface area contributed by atoms with E-state index in [-0.39, 0.29) is 23.5 Å². The lowest BCUT2D eigenvalue weighted by molar-refractivity contribution is -0.137. The van der Waals surface area contributed by atoms with Crippen LogP contribution in [-0.2, 0) is 16.0 Å². The van der Waals surface area contributed by atoms with Crippen LogP contribution in [0.4, 0.5) is 32.6 Å². The van der Waals surface area contributed by atoms with Crippen LogP contribution in [0.3, 0.4) is 0 Å². The van der Waals surface area contributed by atoms with E-state index in [0.717, 1.165) is 19.3 Å². The Morgan fingerprint density at radius 1 is 1.00 bits per heavy atom. The third kappa shape index (κ3) is 4.85. The quantitative estimate of drug-likeness (QED) is 0.407. The van der Waals surface area contributed by atoms with E-state index >= 15 is 0 Å². The van der Waals surface area contributed by atoms with Crippen molar-refractivity contribution in [2.75, 3.05) is 5.75 Å². The van der Waals surface area contributed by atoms with Crippen LogP contribution in [0.1, 0.15) is 12.5 Å². The lowest BCUT2D eigenvalue weighted by Gasteiger charge is -2.40. The summed E-state index contributed by atoms with van der Waals surface area (Å²) >= 11 is 0. The SMILES string of the molecule is CCS(=O)(=O)c1cc(S(F)(F)(F)(F)F)ccc1-n1cc(-c2cc(C(F)(F)F)ccn2)nn1. The van der Waals surface area contributed by atoms with Crippen molar-refractivity contribution in [1.29, 1.82) is 0 Å². The minimum absolute atomic E-state index is 0.00452. The molecule has 0 atom stereocenters. The first-order valence-corrected chi connectivity index (χ1v) is 12.0. The Morgan fingerprint density at radius 3 is 2.22 bits per heavy atom. The molecule has 0 aliphatic heterocycles. The van der Waals surface area contributed by atoms with Gasteiger partial charge < -0.3 is 0 Å². The van der Waals surface area contributed by atoms with Crippen molar-refractivity contribution in [2.24, 2.45) is 0 Å². The lowest BCUT2D eigenvalue weighted by Crippen LogP contribution is -2.13. The molecule has 0 saturated carbocycles. The number of aromatic nitrogens is 4. The number of sulfone groups is 1. The molecule has 0 fully saturated rings. The van der Waals surface area contributed by atoms with Gasteiger partial charge in [-0.2, -0.15) is 13.2 Å². The Hall–Kier alpha value is -2.75. The molecule has 6 nitrogen and oxygen atoms in total. The minimum Gasteiger partial charge on any atom is -0.254 e. The molecular weight excluding hydrogens is 496 g/mol. The normalized spacial score (nSPS) is 15.3. The molecule has 0 spiro atoms. The largest absolute Gasteiger partial charge is 0.416 e. The maximum Gasteiger partial charge on any atom is 0.416 e. The number of hydrogen-bond donors (Lipinski definition) is 0. The first kappa shape index (κ1) is 23.9. The van der Waals surface area contributed by atoms with Gasteiger partial charge in [0.2, 0.25) is 0 Å². The molecule has 3 rings (SSSR count). The summed E-state index contributed by atoms with van der Waals surface area (Å²) in [6.07, 6.45) is -2.95. The minimum atomic E-state index is -10.2. The fourth-order valence-corrected chi connectivity index (χ4v) is 4.41. The molecule has 0 N–H and O–H groups in total. The van der Waals surface area contributed by atoms with E-state index in [2.05, 4.69) is 15.3 Å². The van der Waals surface area contributed by atoms with Crippen molar-refractivity contribution < 1.29 is 41.0 Å². The second-order valence-corrected chi connectivity index (χ2v) is 11.1. The van der Waals surface area contributed by atoms with Crippen LogP contribution >= 0.6 is 10.2 Å². The number of alkyl halides is 3. The summed E-state index contributed by atoms with van der Waals surface area (Å²) in [6.45, 7) is 1.09. The summed E-state index contributed by atoms with van der Waals surface area (Å²) in [5, 5.41) is 7.07. The van der Waals surface area contributed by atoms with Gasteiger partial charge >= 0.3 is 16.4 Å². The lowest BCUT2D eigenvalue weighted by atomic mass is 10.2. The smallest absolute Gasteiger partial charge is 0.254 e. The molecule has 0 bridgehead atoms. The Balaban J connectivity index is 2.17. The zero-order valence-electron chi connectivity index (χ0n) is 15.7. The highest BCUT2D eigenvalue weighted by atomic mass is 32.5. The monoisotopic (exact) mass is 508 g/mol. The van der Waals surface area contributed by atoms with Crippen molar-refractivity contribution in [3.05, 3.63) is 48.3 Å². The van der Waals surface area contributed by atoms with Crippen LogP contribution in [0, 0.1) is 0 Å². The van der Waals surface area contributed by atoms with E-state index in [4.69, 9.17) is 0 Å². The van der Waals surface area contributed by atoms with E-state index in [1.54, 1.807) is 0 Å². The van der Waals surface area contributed by atoms with Gasteiger partial charge in [0.25, 0.3) is 0 Å². The average Bonchev–Trinajstić information content (AvgIpc) is 3.15. The summed E-state index contributed by atoms with van der Waals surface area (Å²) < 4.78 is 130. The van der Waals surface area contributed by atoms with Crippen LogP contribution in [0.25, 0.3) is 17.1 Å². The van der Waals surface area contributed by atoms with Crippen LogP contribution < -0.4 is 0 Å². The van der Waals surface area contributed by atoms with Gasteiger partial charge in [0.05, 0.1) is 33.8 Å². The fourth-order valence-electron chi connectivity index (χ4n) is 2.57. The zero-order chi connectivity index (χ0) is 24.2. The summed E-state index contributed by atoms with van der Waals surface area (Å²) in [6, 6.07) is 1.59. The van der Waals surface area contributed by atoms with Crippen molar-refractivity contribution in [3.63, 3.8) is 0 Å². The van der Waals surface area contributed by atoms with Crippen molar-refractivity contribution >= 4 is 20.1 Å². The summed E-state index contributed by atoms with van der Waals surface area (Å²) in [5.74, 6) is -0.722. The van der Waals surface area contributed by atoms with Gasteiger partial charge in [-0.25, -0.2) is 13.1 Å². The van der Waals surface area contributed by atoms with Crippen LogP contribution in [0.15, 0.2) is 52.5 Å². The van der Waals surface area contributed by atoms with Gasteiger partial charge in [-0.1, -0.05) is 31.6 Å². The van der Waals surface area contributed by atoms with Crippen molar-refractivity contribution in [2.45, 2.75) is 22.9 Å². The molecule has 32 heavy (non-hydrogen) atoms. The van der Waals surface area contributed by atoms with Gasteiger partial charge in [-0.15, -0.1) is 5.10 Å². The summed E-state index contributed by atoms with van der Waals surface area (Å²) in [7, 11) is -14.7. The topological polar surface area (TPSA) is 77.7 Å². The van der Waals surface area contributed by atoms with Gasteiger partial charge in [0.15, 0.2) is 9.84 Å². The second-order valence-electron chi connectivity index (χ2n) is 6.48. The highest BCUT2D eigenvalue weighted by Gasteiger charge is 2.65. The van der Waals surface area contributed by atoms with Gasteiger partial charge in [-0.3, -0.25) is 4.98 Å². The molecule has 0 unspecified atom stereocenters. The maximum atomic E-state index is 13.2. The molecule has 0 aliphatic carbocycles. The molecule has 1 aromatic carbocycles. The predicted octanol–water partition coefficient (Wildman–Crippen LogP) is 5.80. The molecule has 3 aromatic rings. The molecule has 0 radical (unpaired) electrons. The standard InChI is InChI=1S/C16H12F8N4O2S2/c1-2-31(29,30)15-8-11(32(20,21,22,23)24)3-4-14(15)28-9-13(26-27-28)12-7-10(5-6-25-12)16(17,18)19/h3-9H,2H2,1H3. The third-order valence-electron chi connectivity index (χ3n) is 4.18. The first-order chi connectivity index (χ1) is 14.3. The van der Waals surface area contributed by atoms with E-state index in [0.29, 0.717) is 22.9 Å². The molecule has 176 valence electrons. The van der Waals surface area contributed by atoms with Crippen LogP contribution in [-0.4, -0.2) is 34.1 Å². The van der Waals surface area contributed by atoms with E-state index < -0.39 is 53.0 Å². The second kappa shape index (κ2) is 6.63. The Morgan fingerprint density at radius 2 is 1.66 bits per heavy atom. The van der Waals surface area contributed by atoms with Crippen LogP contribution in [0.5, 0.6) is 0 Å². The van der Waals surface area contributed by atoms with Crippen molar-refractivity contribution in [1.82, 2.24) is 20.0 Å². The summed E-state index contributed by atoms with van der Waals surface area (Å²) in [5.41, 5.74) is -2.20.